The summed E-state index contributed by atoms with van der Waals surface area (Å²) in [6.45, 7) is 10.9. The van der Waals surface area contributed by atoms with Gasteiger partial charge in [-0.3, -0.25) is 4.99 Å². The van der Waals surface area contributed by atoms with Gasteiger partial charge in [0.15, 0.2) is 11.1 Å². The Labute approximate surface area is 177 Å². The molecule has 1 aliphatic heterocycles. The fraction of sp³-hybridized carbons (Fsp3) is 0.474. The molecule has 0 amide bonds. The maximum atomic E-state index is 6.27. The van der Waals surface area contributed by atoms with E-state index in [4.69, 9.17) is 10.7 Å². The molecule has 1 aromatic carbocycles. The molecule has 0 atom stereocenters. The number of hydrogen-bond donors (Lipinski definition) is 1. The van der Waals surface area contributed by atoms with Gasteiger partial charge >= 0.3 is 0 Å². The van der Waals surface area contributed by atoms with Gasteiger partial charge in [0.1, 0.15) is 0 Å². The van der Waals surface area contributed by atoms with Gasteiger partial charge in [0.05, 0.1) is 6.54 Å². The number of rotatable bonds is 4. The van der Waals surface area contributed by atoms with Crippen LogP contribution in [0.3, 0.4) is 0 Å². The van der Waals surface area contributed by atoms with E-state index >= 15 is 0 Å². The first-order valence-electron chi connectivity index (χ1n) is 8.72. The van der Waals surface area contributed by atoms with Crippen molar-refractivity contribution in [2.24, 2.45) is 10.7 Å². The zero-order valence-corrected chi connectivity index (χ0v) is 18.8. The third kappa shape index (κ3) is 5.09. The number of aliphatic imine (C=N–C) groups is 1. The molecule has 2 heterocycles. The van der Waals surface area contributed by atoms with Crippen LogP contribution < -0.4 is 10.6 Å². The van der Waals surface area contributed by atoms with E-state index in [1.807, 2.05) is 11.6 Å². The molecule has 3 rings (SSSR count). The van der Waals surface area contributed by atoms with Crippen LogP contribution in [-0.2, 0) is 5.41 Å². The fourth-order valence-corrected chi connectivity index (χ4v) is 3.67. The number of nitrogens with two attached hydrogens (primary N) is 1. The Hall–Kier alpha value is -1.35. The normalized spacial score (nSPS) is 15.7. The highest BCUT2D eigenvalue weighted by molar-refractivity contribution is 14.0. The first-order chi connectivity index (χ1) is 12.0. The molecule has 142 valence electrons. The Bertz CT molecular complexity index is 704. The van der Waals surface area contributed by atoms with Gasteiger partial charge in [0.25, 0.3) is 0 Å². The second-order valence-electron chi connectivity index (χ2n) is 7.21. The number of aryl methyl sites for hydroxylation is 1. The lowest BCUT2D eigenvalue weighted by Crippen LogP contribution is -2.51. The predicted molar refractivity (Wildman–Crippen MR) is 122 cm³/mol. The summed E-state index contributed by atoms with van der Waals surface area (Å²) < 4.78 is 0. The lowest BCUT2D eigenvalue weighted by Gasteiger charge is -2.35. The molecule has 2 aromatic rings. The standard InChI is InChI=1S/C19H27N5S.HI/c1-15-4-6-16(7-5-15)19(2,3)14-22-17(20)23-9-11-24(12-10-23)18-21-8-13-25-18;/h4-8,13H,9-12,14H2,1-3H3,(H2,20,22);1H. The first-order valence-corrected chi connectivity index (χ1v) is 9.60. The van der Waals surface area contributed by atoms with Crippen molar-refractivity contribution in [3.63, 3.8) is 0 Å². The minimum atomic E-state index is -0.0268. The van der Waals surface area contributed by atoms with Gasteiger partial charge in [-0.1, -0.05) is 43.7 Å². The van der Waals surface area contributed by atoms with Crippen molar-refractivity contribution >= 4 is 46.4 Å². The largest absolute Gasteiger partial charge is 0.370 e. The molecule has 1 fully saturated rings. The van der Waals surface area contributed by atoms with E-state index in [2.05, 4.69) is 59.8 Å². The molecule has 5 nitrogen and oxygen atoms in total. The van der Waals surface area contributed by atoms with Gasteiger partial charge in [-0.25, -0.2) is 4.98 Å². The van der Waals surface area contributed by atoms with Gasteiger partial charge in [0, 0.05) is 43.2 Å². The minimum absolute atomic E-state index is 0. The number of thiazole rings is 1. The number of nitrogens with zero attached hydrogens (tertiary/aromatic N) is 4. The monoisotopic (exact) mass is 485 g/mol. The second kappa shape index (κ2) is 9.03. The molecule has 1 saturated heterocycles. The summed E-state index contributed by atoms with van der Waals surface area (Å²) in [6, 6.07) is 8.69. The Balaban J connectivity index is 0.00000243. The van der Waals surface area contributed by atoms with Gasteiger partial charge in [-0.2, -0.15) is 0 Å². The lowest BCUT2D eigenvalue weighted by molar-refractivity contribution is 0.378. The molecule has 0 saturated carbocycles. The summed E-state index contributed by atoms with van der Waals surface area (Å²) in [6.07, 6.45) is 1.86. The van der Waals surface area contributed by atoms with E-state index in [-0.39, 0.29) is 29.4 Å². The molecule has 0 bridgehead atoms. The third-order valence-electron chi connectivity index (χ3n) is 4.76. The number of halogens is 1. The molecule has 0 spiro atoms. The van der Waals surface area contributed by atoms with Crippen molar-refractivity contribution in [3.05, 3.63) is 47.0 Å². The summed E-state index contributed by atoms with van der Waals surface area (Å²) in [7, 11) is 0. The molecule has 0 aliphatic carbocycles. The first kappa shape index (κ1) is 21.0. The summed E-state index contributed by atoms with van der Waals surface area (Å²) in [5.74, 6) is 0.652. The topological polar surface area (TPSA) is 57.8 Å². The van der Waals surface area contributed by atoms with Crippen LogP contribution in [0.5, 0.6) is 0 Å². The Morgan fingerprint density at radius 3 is 2.42 bits per heavy atom. The third-order valence-corrected chi connectivity index (χ3v) is 5.60. The van der Waals surface area contributed by atoms with Crippen LogP contribution >= 0.6 is 35.3 Å². The number of aromatic nitrogens is 1. The van der Waals surface area contributed by atoms with Crippen molar-refractivity contribution in [1.82, 2.24) is 9.88 Å². The zero-order chi connectivity index (χ0) is 17.9. The molecule has 0 radical (unpaired) electrons. The van der Waals surface area contributed by atoms with Crippen LogP contribution in [0, 0.1) is 6.92 Å². The molecular formula is C19H28IN5S. The summed E-state index contributed by atoms with van der Waals surface area (Å²) in [5.41, 5.74) is 8.81. The van der Waals surface area contributed by atoms with E-state index in [1.54, 1.807) is 11.3 Å². The van der Waals surface area contributed by atoms with Crippen LogP contribution in [0.25, 0.3) is 0 Å². The summed E-state index contributed by atoms with van der Waals surface area (Å²) in [5, 5.41) is 3.11. The predicted octanol–water partition coefficient (Wildman–Crippen LogP) is 3.48. The lowest BCUT2D eigenvalue weighted by atomic mass is 9.84. The maximum Gasteiger partial charge on any atom is 0.191 e. The maximum absolute atomic E-state index is 6.27. The van der Waals surface area contributed by atoms with Crippen molar-refractivity contribution in [2.45, 2.75) is 26.2 Å². The van der Waals surface area contributed by atoms with Crippen LogP contribution in [-0.4, -0.2) is 48.6 Å². The van der Waals surface area contributed by atoms with Crippen molar-refractivity contribution in [1.29, 1.82) is 0 Å². The van der Waals surface area contributed by atoms with Crippen LogP contribution in [0.2, 0.25) is 0 Å². The number of piperazine rings is 1. The van der Waals surface area contributed by atoms with Gasteiger partial charge < -0.3 is 15.5 Å². The van der Waals surface area contributed by atoms with Crippen molar-refractivity contribution in [2.75, 3.05) is 37.6 Å². The number of benzene rings is 1. The minimum Gasteiger partial charge on any atom is -0.370 e. The molecule has 1 aromatic heterocycles. The quantitative estimate of drug-likeness (QED) is 0.410. The SMILES string of the molecule is Cc1ccc(C(C)(C)CN=C(N)N2CCN(c3nccs3)CC2)cc1.I. The molecule has 2 N–H and O–H groups in total. The van der Waals surface area contributed by atoms with Gasteiger partial charge in [-0.15, -0.1) is 35.3 Å². The summed E-state index contributed by atoms with van der Waals surface area (Å²) in [4.78, 5) is 13.6. The van der Waals surface area contributed by atoms with E-state index in [0.29, 0.717) is 12.5 Å². The molecule has 26 heavy (non-hydrogen) atoms. The summed E-state index contributed by atoms with van der Waals surface area (Å²) >= 11 is 1.69. The molecule has 7 heteroatoms. The Morgan fingerprint density at radius 2 is 1.85 bits per heavy atom. The van der Waals surface area contributed by atoms with Crippen LogP contribution in [0.1, 0.15) is 25.0 Å². The molecule has 0 unspecified atom stereocenters. The second-order valence-corrected chi connectivity index (χ2v) is 8.09. The highest BCUT2D eigenvalue weighted by Gasteiger charge is 2.23. The average molecular weight is 485 g/mol. The van der Waals surface area contributed by atoms with Crippen molar-refractivity contribution in [3.8, 4) is 0 Å². The van der Waals surface area contributed by atoms with Gasteiger partial charge in [0.2, 0.25) is 0 Å². The van der Waals surface area contributed by atoms with Crippen molar-refractivity contribution < 1.29 is 0 Å². The van der Waals surface area contributed by atoms with Gasteiger partial charge in [-0.05, 0) is 12.5 Å². The Kier molecular flexibility index (Phi) is 7.28. The zero-order valence-electron chi connectivity index (χ0n) is 15.7. The average Bonchev–Trinajstić information content (AvgIpc) is 3.15. The van der Waals surface area contributed by atoms with Crippen LogP contribution in [0.4, 0.5) is 5.13 Å². The smallest absolute Gasteiger partial charge is 0.191 e. The highest BCUT2D eigenvalue weighted by atomic mass is 127. The Morgan fingerprint density at radius 1 is 1.19 bits per heavy atom. The van der Waals surface area contributed by atoms with Crippen LogP contribution in [0.15, 0.2) is 40.8 Å². The number of anilines is 1. The molecular weight excluding hydrogens is 457 g/mol. The molecule has 1 aliphatic rings. The highest BCUT2D eigenvalue weighted by Crippen LogP contribution is 2.24. The fourth-order valence-electron chi connectivity index (χ4n) is 2.97. The van der Waals surface area contributed by atoms with E-state index < -0.39 is 0 Å². The van der Waals surface area contributed by atoms with E-state index in [9.17, 15) is 0 Å². The number of guanidine groups is 1. The van der Waals surface area contributed by atoms with E-state index in [0.717, 1.165) is 31.3 Å². The number of hydrogen-bond acceptors (Lipinski definition) is 4. The van der Waals surface area contributed by atoms with E-state index in [1.165, 1.54) is 11.1 Å².